The van der Waals surface area contributed by atoms with Gasteiger partial charge in [0.2, 0.25) is 0 Å². The zero-order valence-corrected chi connectivity index (χ0v) is 14.4. The van der Waals surface area contributed by atoms with Gasteiger partial charge in [0.15, 0.2) is 0 Å². The van der Waals surface area contributed by atoms with Crippen LogP contribution in [-0.4, -0.2) is 47.0 Å². The van der Waals surface area contributed by atoms with E-state index in [9.17, 15) is 20.1 Å². The van der Waals surface area contributed by atoms with Gasteiger partial charge in [-0.15, -0.1) is 0 Å². The molecule has 1 atom stereocenters. The third kappa shape index (κ3) is 6.27. The lowest BCUT2D eigenvalue weighted by Crippen LogP contribution is -2.30. The molecule has 1 amide bonds. The molecule has 0 aliphatic rings. The van der Waals surface area contributed by atoms with Gasteiger partial charge in [-0.1, -0.05) is 12.1 Å². The number of carbonyl (C=O) groups is 1. The average molecular weight is 360 g/mol. The number of amides is 1. The van der Waals surface area contributed by atoms with Gasteiger partial charge in [0, 0.05) is 13.1 Å². The molecule has 0 aliphatic heterocycles. The van der Waals surface area contributed by atoms with Crippen LogP contribution in [0.3, 0.4) is 0 Å². The average Bonchev–Trinajstić information content (AvgIpc) is 2.62. The third-order valence-electron chi connectivity index (χ3n) is 3.86. The first-order valence-corrected chi connectivity index (χ1v) is 8.38. The van der Waals surface area contributed by atoms with Crippen LogP contribution in [0.5, 0.6) is 17.2 Å². The summed E-state index contributed by atoms with van der Waals surface area (Å²) in [6.07, 6.45) is 0.848. The van der Waals surface area contributed by atoms with Gasteiger partial charge >= 0.3 is 0 Å². The molecule has 0 radical (unpaired) electrons. The Morgan fingerprint density at radius 1 is 1.15 bits per heavy atom. The molecule has 0 saturated heterocycles. The van der Waals surface area contributed by atoms with E-state index in [0.29, 0.717) is 31.9 Å². The summed E-state index contributed by atoms with van der Waals surface area (Å²) in [5.74, 6) is -0.235. The van der Waals surface area contributed by atoms with Crippen molar-refractivity contribution >= 4 is 5.91 Å². The summed E-state index contributed by atoms with van der Waals surface area (Å²) in [5.41, 5.74) is 6.24. The van der Waals surface area contributed by atoms with Gasteiger partial charge in [0.05, 0.1) is 11.7 Å². The number of phenols is 2. The van der Waals surface area contributed by atoms with Crippen LogP contribution in [0.2, 0.25) is 0 Å². The number of phenolic OH excluding ortho intramolecular Hbond substituents is 1. The molecule has 2 aromatic rings. The number of carbonyl (C=O) groups excluding carboxylic acids is 1. The zero-order chi connectivity index (χ0) is 18.9. The molecule has 0 aliphatic carbocycles. The Morgan fingerprint density at radius 2 is 1.88 bits per heavy atom. The van der Waals surface area contributed by atoms with Crippen molar-refractivity contribution in [1.82, 2.24) is 5.32 Å². The molecule has 6 N–H and O–H groups in total. The van der Waals surface area contributed by atoms with Crippen molar-refractivity contribution in [3.63, 3.8) is 0 Å². The van der Waals surface area contributed by atoms with Crippen LogP contribution in [0.1, 0.15) is 22.3 Å². The maximum atomic E-state index is 11.2. The second-order valence-electron chi connectivity index (χ2n) is 5.95. The number of aromatic hydroxyl groups is 2. The van der Waals surface area contributed by atoms with Crippen LogP contribution < -0.4 is 15.8 Å². The molecule has 7 heteroatoms. The monoisotopic (exact) mass is 360 g/mol. The highest BCUT2D eigenvalue weighted by Crippen LogP contribution is 2.22. The van der Waals surface area contributed by atoms with Crippen molar-refractivity contribution in [1.29, 1.82) is 0 Å². The zero-order valence-electron chi connectivity index (χ0n) is 14.4. The normalized spacial score (nSPS) is 11.9. The predicted octanol–water partition coefficient (Wildman–Crippen LogP) is 1.16. The van der Waals surface area contributed by atoms with E-state index in [0.717, 1.165) is 12.0 Å². The first-order chi connectivity index (χ1) is 12.5. The SMILES string of the molecule is NC(=O)c1cc(OCCNCC(O)CCc2ccc(O)cc2)ccc1O. The molecule has 2 rings (SSSR count). The van der Waals surface area contributed by atoms with Gasteiger partial charge < -0.3 is 31.1 Å². The number of nitrogens with one attached hydrogen (secondary N) is 1. The molecule has 0 spiro atoms. The Kier molecular flexibility index (Phi) is 7.25. The predicted molar refractivity (Wildman–Crippen MR) is 97.4 cm³/mol. The maximum Gasteiger partial charge on any atom is 0.252 e. The number of rotatable bonds is 10. The molecule has 0 saturated carbocycles. The molecule has 140 valence electrons. The molecule has 1 unspecified atom stereocenters. The highest BCUT2D eigenvalue weighted by molar-refractivity contribution is 5.95. The van der Waals surface area contributed by atoms with Crippen LogP contribution in [0.25, 0.3) is 0 Å². The number of hydrogen-bond acceptors (Lipinski definition) is 6. The Labute approximate surface area is 152 Å². The minimum Gasteiger partial charge on any atom is -0.508 e. The van der Waals surface area contributed by atoms with Crippen LogP contribution in [0.15, 0.2) is 42.5 Å². The van der Waals surface area contributed by atoms with E-state index in [4.69, 9.17) is 10.5 Å². The van der Waals surface area contributed by atoms with E-state index >= 15 is 0 Å². The van der Waals surface area contributed by atoms with E-state index in [-0.39, 0.29) is 17.1 Å². The van der Waals surface area contributed by atoms with Crippen molar-refractivity contribution in [2.45, 2.75) is 18.9 Å². The summed E-state index contributed by atoms with van der Waals surface area (Å²) >= 11 is 0. The Bertz CT molecular complexity index is 718. The second-order valence-corrected chi connectivity index (χ2v) is 5.95. The second kappa shape index (κ2) is 9.65. The highest BCUT2D eigenvalue weighted by Gasteiger charge is 2.09. The highest BCUT2D eigenvalue weighted by atomic mass is 16.5. The smallest absolute Gasteiger partial charge is 0.252 e. The molecular weight excluding hydrogens is 336 g/mol. The fourth-order valence-corrected chi connectivity index (χ4v) is 2.41. The fraction of sp³-hybridized carbons (Fsp3) is 0.316. The van der Waals surface area contributed by atoms with Crippen molar-refractivity contribution in [3.05, 3.63) is 53.6 Å². The molecule has 7 nitrogen and oxygen atoms in total. The van der Waals surface area contributed by atoms with Crippen molar-refractivity contribution < 1.29 is 24.9 Å². The van der Waals surface area contributed by atoms with Gasteiger partial charge in [-0.05, 0) is 48.7 Å². The van der Waals surface area contributed by atoms with Crippen LogP contribution in [0.4, 0.5) is 0 Å². The standard InChI is InChI=1S/C19H24N2O5/c20-19(25)17-11-16(7-8-18(17)24)26-10-9-21-12-15(23)6-3-13-1-4-14(22)5-2-13/h1-2,4-5,7-8,11,15,21-24H,3,6,9-10,12H2,(H2,20,25). The summed E-state index contributed by atoms with van der Waals surface area (Å²) in [4.78, 5) is 11.2. The molecule has 0 heterocycles. The summed E-state index contributed by atoms with van der Waals surface area (Å²) in [5, 5.41) is 31.8. The largest absolute Gasteiger partial charge is 0.508 e. The van der Waals surface area contributed by atoms with E-state index in [2.05, 4.69) is 5.32 Å². The molecule has 0 bridgehead atoms. The quantitative estimate of drug-likeness (QED) is 0.405. The van der Waals surface area contributed by atoms with Gasteiger partial charge in [-0.3, -0.25) is 4.79 Å². The number of benzene rings is 2. The van der Waals surface area contributed by atoms with E-state index < -0.39 is 12.0 Å². The molecule has 0 aromatic heterocycles. The molecular formula is C19H24N2O5. The molecule has 26 heavy (non-hydrogen) atoms. The lowest BCUT2D eigenvalue weighted by Gasteiger charge is -2.13. The minimum atomic E-state index is -0.720. The number of aliphatic hydroxyl groups excluding tert-OH is 1. The number of ether oxygens (including phenoxy) is 1. The minimum absolute atomic E-state index is 0.0140. The fourth-order valence-electron chi connectivity index (χ4n) is 2.41. The number of aryl methyl sites for hydroxylation is 1. The summed E-state index contributed by atoms with van der Waals surface area (Å²) in [6.45, 7) is 1.29. The first kappa shape index (κ1) is 19.6. The summed E-state index contributed by atoms with van der Waals surface area (Å²) in [7, 11) is 0. The van der Waals surface area contributed by atoms with Crippen molar-refractivity contribution in [3.8, 4) is 17.2 Å². The topological polar surface area (TPSA) is 125 Å². The van der Waals surface area contributed by atoms with Gasteiger partial charge in [0.1, 0.15) is 23.9 Å². The maximum absolute atomic E-state index is 11.2. The third-order valence-corrected chi connectivity index (χ3v) is 3.86. The Balaban J connectivity index is 1.63. The van der Waals surface area contributed by atoms with Gasteiger partial charge in [-0.2, -0.15) is 0 Å². The number of hydrogen-bond donors (Lipinski definition) is 5. The number of nitrogens with two attached hydrogens (primary N) is 1. The van der Waals surface area contributed by atoms with Crippen molar-refractivity contribution in [2.24, 2.45) is 5.73 Å². The summed E-state index contributed by atoms with van der Waals surface area (Å²) < 4.78 is 5.49. The Morgan fingerprint density at radius 3 is 2.58 bits per heavy atom. The van der Waals surface area contributed by atoms with Crippen LogP contribution in [-0.2, 0) is 6.42 Å². The van der Waals surface area contributed by atoms with E-state index in [1.807, 2.05) is 12.1 Å². The molecule has 0 fully saturated rings. The van der Waals surface area contributed by atoms with E-state index in [1.54, 1.807) is 18.2 Å². The van der Waals surface area contributed by atoms with Crippen molar-refractivity contribution in [2.75, 3.05) is 19.7 Å². The Hall–Kier alpha value is -2.77. The lowest BCUT2D eigenvalue weighted by molar-refractivity contribution is 0.0997. The van der Waals surface area contributed by atoms with Gasteiger partial charge in [-0.25, -0.2) is 0 Å². The van der Waals surface area contributed by atoms with Crippen LogP contribution >= 0.6 is 0 Å². The molecule has 2 aromatic carbocycles. The van der Waals surface area contributed by atoms with Gasteiger partial charge in [0.25, 0.3) is 5.91 Å². The number of primary amides is 1. The summed E-state index contributed by atoms with van der Waals surface area (Å²) in [6, 6.07) is 11.2. The first-order valence-electron chi connectivity index (χ1n) is 8.38. The lowest BCUT2D eigenvalue weighted by atomic mass is 10.1. The van der Waals surface area contributed by atoms with E-state index in [1.165, 1.54) is 12.1 Å². The van der Waals surface area contributed by atoms with Crippen LogP contribution in [0, 0.1) is 0 Å². The number of aliphatic hydroxyl groups is 1.